The number of carbonyl (C=O) groups excluding carboxylic acids is 2. The molecule has 0 aromatic rings. The van der Waals surface area contributed by atoms with E-state index in [-0.39, 0.29) is 29.9 Å². The third kappa shape index (κ3) is 5.78. The zero-order chi connectivity index (χ0) is 22.8. The topological polar surface area (TPSA) is 92.0 Å². The lowest BCUT2D eigenvalue weighted by molar-refractivity contribution is -0.134. The predicted octanol–water partition coefficient (Wildman–Crippen LogP) is -0.422. The third-order valence-electron chi connectivity index (χ3n) is 7.95. The van der Waals surface area contributed by atoms with Gasteiger partial charge in [0.05, 0.1) is 12.2 Å². The maximum atomic E-state index is 12.9. The smallest absolute Gasteiger partial charge is 0.237 e. The number of carbonyl (C=O) groups is 2. The summed E-state index contributed by atoms with van der Waals surface area (Å²) in [6.07, 6.45) is 8.75. The fourth-order valence-corrected chi connectivity index (χ4v) is 6.20. The summed E-state index contributed by atoms with van der Waals surface area (Å²) in [5.41, 5.74) is 0. The highest BCUT2D eigenvalue weighted by Crippen LogP contribution is 2.26. The van der Waals surface area contributed by atoms with Crippen LogP contribution < -0.4 is 21.3 Å². The molecule has 33 heavy (non-hydrogen) atoms. The molecule has 4 saturated heterocycles. The van der Waals surface area contributed by atoms with Gasteiger partial charge in [-0.25, -0.2) is 0 Å². The van der Waals surface area contributed by atoms with E-state index in [1.807, 2.05) is 4.90 Å². The molecule has 5 rings (SSSR count). The summed E-state index contributed by atoms with van der Waals surface area (Å²) < 4.78 is 0. The van der Waals surface area contributed by atoms with Gasteiger partial charge in [-0.15, -0.1) is 0 Å². The van der Waals surface area contributed by atoms with Gasteiger partial charge in [0, 0.05) is 63.8 Å². The number of rotatable bonds is 6. The molecule has 0 bridgehead atoms. The maximum absolute atomic E-state index is 12.9. The van der Waals surface area contributed by atoms with E-state index >= 15 is 0 Å². The van der Waals surface area contributed by atoms with E-state index in [1.165, 1.54) is 32.1 Å². The second kappa shape index (κ2) is 10.4. The average molecular weight is 478 g/mol. The molecule has 0 spiro atoms. The Kier molecular flexibility index (Phi) is 7.34. The standard InChI is InChI=1S/C23H39N7O2S/c31-21(29-11-9-28(10-12-29)20-3-1-2-8-24-20)7-6-18-14-25-22(32)19-13-17(15-30(18)19)27-23(33)26-16-4-5-16/h16-20,24H,1-15H2,(H,25,32)(H2,26,27,33)/t17-,18+,19-,20?/m0/s1. The molecule has 1 unspecified atom stereocenters. The number of nitrogens with zero attached hydrogens (tertiary/aromatic N) is 3. The number of piperidine rings is 1. The maximum Gasteiger partial charge on any atom is 0.237 e. The molecule has 184 valence electrons. The number of piperazine rings is 2. The minimum atomic E-state index is -0.119. The summed E-state index contributed by atoms with van der Waals surface area (Å²) >= 11 is 5.44. The van der Waals surface area contributed by atoms with E-state index in [9.17, 15) is 9.59 Å². The van der Waals surface area contributed by atoms with Crippen molar-refractivity contribution >= 4 is 29.1 Å². The number of amides is 2. The Balaban J connectivity index is 1.07. The van der Waals surface area contributed by atoms with Crippen molar-refractivity contribution < 1.29 is 9.59 Å². The van der Waals surface area contributed by atoms with Gasteiger partial charge in [-0.05, 0) is 63.7 Å². The quantitative estimate of drug-likeness (QED) is 0.384. The van der Waals surface area contributed by atoms with Gasteiger partial charge < -0.3 is 26.2 Å². The van der Waals surface area contributed by atoms with E-state index in [0.29, 0.717) is 30.3 Å². The van der Waals surface area contributed by atoms with Crippen LogP contribution in [0.15, 0.2) is 0 Å². The number of fused-ring (bicyclic) bond motifs is 1. The molecule has 4 atom stereocenters. The summed E-state index contributed by atoms with van der Waals surface area (Å²) in [6, 6.07) is 0.793. The largest absolute Gasteiger partial charge is 0.360 e. The monoisotopic (exact) mass is 477 g/mol. The normalized spacial score (nSPS) is 33.3. The van der Waals surface area contributed by atoms with Crippen LogP contribution in [-0.4, -0.2) is 108 Å². The molecular formula is C23H39N7O2S. The van der Waals surface area contributed by atoms with Crippen molar-refractivity contribution in [2.24, 2.45) is 0 Å². The average Bonchev–Trinajstić information content (AvgIpc) is 3.54. The molecule has 2 amide bonds. The molecule has 1 saturated carbocycles. The van der Waals surface area contributed by atoms with Crippen LogP contribution in [0.3, 0.4) is 0 Å². The van der Waals surface area contributed by atoms with Crippen LogP contribution in [0.1, 0.15) is 51.4 Å². The number of hydrogen-bond donors (Lipinski definition) is 4. The third-order valence-corrected chi connectivity index (χ3v) is 8.19. The molecule has 4 heterocycles. The van der Waals surface area contributed by atoms with Crippen LogP contribution in [-0.2, 0) is 9.59 Å². The Bertz CT molecular complexity index is 734. The fraction of sp³-hybridized carbons (Fsp3) is 0.870. The Morgan fingerprint density at radius 3 is 2.58 bits per heavy atom. The number of nitrogens with one attached hydrogen (secondary N) is 4. The molecule has 5 aliphatic rings. The molecule has 4 N–H and O–H groups in total. The molecule has 0 aromatic carbocycles. The van der Waals surface area contributed by atoms with Crippen molar-refractivity contribution in [3.05, 3.63) is 0 Å². The van der Waals surface area contributed by atoms with Gasteiger partial charge in [0.1, 0.15) is 0 Å². The molecule has 1 aliphatic carbocycles. The van der Waals surface area contributed by atoms with Crippen molar-refractivity contribution in [2.45, 2.75) is 81.7 Å². The van der Waals surface area contributed by atoms with E-state index in [1.54, 1.807) is 0 Å². The summed E-state index contributed by atoms with van der Waals surface area (Å²) in [4.78, 5) is 32.3. The van der Waals surface area contributed by atoms with Crippen molar-refractivity contribution in [1.82, 2.24) is 36.0 Å². The number of thiocarbonyl (C=S) groups is 1. The van der Waals surface area contributed by atoms with Crippen LogP contribution in [0, 0.1) is 0 Å². The van der Waals surface area contributed by atoms with Gasteiger partial charge in [0.15, 0.2) is 5.11 Å². The Hall–Kier alpha value is -1.49. The first-order valence-corrected chi connectivity index (χ1v) is 13.3. The van der Waals surface area contributed by atoms with Gasteiger partial charge in [0.2, 0.25) is 11.8 Å². The molecule has 9 nitrogen and oxygen atoms in total. The highest BCUT2D eigenvalue weighted by atomic mass is 32.1. The van der Waals surface area contributed by atoms with E-state index in [2.05, 4.69) is 31.1 Å². The van der Waals surface area contributed by atoms with Gasteiger partial charge >= 0.3 is 0 Å². The van der Waals surface area contributed by atoms with E-state index < -0.39 is 0 Å². The first kappa shape index (κ1) is 23.3. The molecule has 10 heteroatoms. The van der Waals surface area contributed by atoms with Crippen LogP contribution in [0.2, 0.25) is 0 Å². The summed E-state index contributed by atoms with van der Waals surface area (Å²) in [5, 5.41) is 14.1. The van der Waals surface area contributed by atoms with Gasteiger partial charge in [-0.2, -0.15) is 0 Å². The first-order chi connectivity index (χ1) is 16.1. The predicted molar refractivity (Wildman–Crippen MR) is 131 cm³/mol. The summed E-state index contributed by atoms with van der Waals surface area (Å²) in [5.74, 6) is 0.360. The van der Waals surface area contributed by atoms with E-state index in [4.69, 9.17) is 12.2 Å². The number of hydrogen-bond acceptors (Lipinski definition) is 6. The lowest BCUT2D eigenvalue weighted by atomic mass is 10.0. The minimum absolute atomic E-state index is 0.107. The van der Waals surface area contributed by atoms with Crippen LogP contribution >= 0.6 is 12.2 Å². The lowest BCUT2D eigenvalue weighted by Gasteiger charge is -2.41. The van der Waals surface area contributed by atoms with Gasteiger partial charge in [0.25, 0.3) is 0 Å². The van der Waals surface area contributed by atoms with Crippen LogP contribution in [0.25, 0.3) is 0 Å². The molecule has 4 aliphatic heterocycles. The second-order valence-corrected chi connectivity index (χ2v) is 10.8. The van der Waals surface area contributed by atoms with E-state index in [0.717, 1.165) is 52.1 Å². The second-order valence-electron chi connectivity index (χ2n) is 10.4. The summed E-state index contributed by atoms with van der Waals surface area (Å²) in [7, 11) is 0. The Morgan fingerprint density at radius 2 is 1.85 bits per heavy atom. The molecule has 0 radical (unpaired) electrons. The zero-order valence-corrected chi connectivity index (χ0v) is 20.4. The highest BCUT2D eigenvalue weighted by molar-refractivity contribution is 7.80. The van der Waals surface area contributed by atoms with Crippen LogP contribution in [0.5, 0.6) is 0 Å². The van der Waals surface area contributed by atoms with Crippen LogP contribution in [0.4, 0.5) is 0 Å². The van der Waals surface area contributed by atoms with Crippen molar-refractivity contribution in [3.63, 3.8) is 0 Å². The fourth-order valence-electron chi connectivity index (χ4n) is 5.86. The molecule has 5 fully saturated rings. The lowest BCUT2D eigenvalue weighted by Crippen LogP contribution is -2.58. The Labute approximate surface area is 202 Å². The van der Waals surface area contributed by atoms with Gasteiger partial charge in [-0.3, -0.25) is 19.4 Å². The zero-order valence-electron chi connectivity index (χ0n) is 19.6. The minimum Gasteiger partial charge on any atom is -0.360 e. The molecule has 0 aromatic heterocycles. The van der Waals surface area contributed by atoms with Crippen molar-refractivity contribution in [1.29, 1.82) is 0 Å². The first-order valence-electron chi connectivity index (χ1n) is 12.9. The molecular weight excluding hydrogens is 438 g/mol. The Morgan fingerprint density at radius 1 is 1.06 bits per heavy atom. The van der Waals surface area contributed by atoms with Crippen molar-refractivity contribution in [2.75, 3.05) is 45.8 Å². The van der Waals surface area contributed by atoms with Gasteiger partial charge in [-0.1, -0.05) is 0 Å². The highest BCUT2D eigenvalue weighted by Gasteiger charge is 2.43. The SMILES string of the molecule is O=C1NC[C@@H](CCC(=O)N2CCN(C3CCCCN3)CC2)N2C[C@@H](NC(=S)NC3CC3)C[C@@H]12. The summed E-state index contributed by atoms with van der Waals surface area (Å²) in [6.45, 7) is 6.10. The van der Waals surface area contributed by atoms with Crippen molar-refractivity contribution in [3.8, 4) is 0 Å².